The molecular formula is C18H25FN4O3S. The Kier molecular flexibility index (Phi) is 7.56. The Morgan fingerprint density at radius 1 is 1.41 bits per heavy atom. The summed E-state index contributed by atoms with van der Waals surface area (Å²) in [6.45, 7) is 3.11. The second-order valence-corrected chi connectivity index (χ2v) is 8.59. The van der Waals surface area contributed by atoms with Crippen LogP contribution in [0, 0.1) is 23.1 Å². The van der Waals surface area contributed by atoms with Gasteiger partial charge in [0.25, 0.3) is 0 Å². The summed E-state index contributed by atoms with van der Waals surface area (Å²) >= 11 is 0. The fraction of sp³-hybridized carbons (Fsp3) is 0.556. The van der Waals surface area contributed by atoms with Crippen molar-refractivity contribution in [3.63, 3.8) is 0 Å². The summed E-state index contributed by atoms with van der Waals surface area (Å²) < 4.78 is 39.3. The summed E-state index contributed by atoms with van der Waals surface area (Å²) in [5, 5.41) is 14.7. The maximum absolute atomic E-state index is 13.5. The van der Waals surface area contributed by atoms with E-state index in [1.165, 1.54) is 16.4 Å². The van der Waals surface area contributed by atoms with Gasteiger partial charge in [0.05, 0.1) is 17.4 Å². The summed E-state index contributed by atoms with van der Waals surface area (Å²) in [6.07, 6.45) is 1.86. The molecule has 0 bridgehead atoms. The molecule has 1 fully saturated rings. The van der Waals surface area contributed by atoms with Crippen molar-refractivity contribution in [2.45, 2.75) is 26.2 Å². The Labute approximate surface area is 159 Å². The first-order valence-electron chi connectivity index (χ1n) is 9.07. The fourth-order valence-electron chi connectivity index (χ4n) is 3.11. The minimum atomic E-state index is -3.30. The summed E-state index contributed by atoms with van der Waals surface area (Å²) in [4.78, 5) is 12.3. The van der Waals surface area contributed by atoms with Gasteiger partial charge >= 0.3 is 0 Å². The third-order valence-corrected chi connectivity index (χ3v) is 6.52. The molecule has 0 saturated carbocycles. The van der Waals surface area contributed by atoms with Crippen LogP contribution in [0.3, 0.4) is 0 Å². The molecule has 1 aromatic rings. The van der Waals surface area contributed by atoms with Crippen LogP contribution in [0.4, 0.5) is 10.1 Å². The van der Waals surface area contributed by atoms with Gasteiger partial charge in [0.15, 0.2) is 0 Å². The number of nitriles is 1. The number of nitrogens with one attached hydrogen (secondary N) is 2. The van der Waals surface area contributed by atoms with Gasteiger partial charge in [0.1, 0.15) is 17.4 Å². The standard InChI is InChI=1S/C18H25FN4O3S/c1-2-11-27(25,26)23-10-4-5-14(13-23)18(24)22-9-8-21-17-7-3-6-16(19)15(17)12-20/h3,6-7,14,21H,2,4-5,8-11,13H2,1H3,(H,22,24). The lowest BCUT2D eigenvalue weighted by atomic mass is 9.99. The third-order valence-electron chi connectivity index (χ3n) is 4.48. The van der Waals surface area contributed by atoms with Crippen molar-refractivity contribution in [2.75, 3.05) is 37.2 Å². The van der Waals surface area contributed by atoms with E-state index in [0.717, 1.165) is 0 Å². The van der Waals surface area contributed by atoms with Gasteiger partial charge in [-0.3, -0.25) is 4.79 Å². The van der Waals surface area contributed by atoms with Gasteiger partial charge in [-0.2, -0.15) is 5.26 Å². The van der Waals surface area contributed by atoms with Gasteiger partial charge in [-0.05, 0) is 31.4 Å². The number of nitrogens with zero attached hydrogens (tertiary/aromatic N) is 2. The quantitative estimate of drug-likeness (QED) is 0.651. The molecule has 9 heteroatoms. The molecular weight excluding hydrogens is 371 g/mol. The SMILES string of the molecule is CCCS(=O)(=O)N1CCCC(C(=O)NCCNc2cccc(F)c2C#N)C1. The molecule has 1 heterocycles. The fourth-order valence-corrected chi connectivity index (χ4v) is 4.70. The van der Waals surface area contributed by atoms with E-state index >= 15 is 0 Å². The number of anilines is 1. The van der Waals surface area contributed by atoms with Gasteiger partial charge in [0, 0.05) is 26.2 Å². The average Bonchev–Trinajstić information content (AvgIpc) is 2.65. The summed E-state index contributed by atoms with van der Waals surface area (Å²) in [5.41, 5.74) is 0.314. The number of carbonyl (C=O) groups excluding carboxylic acids is 1. The Hall–Kier alpha value is -2.18. The number of rotatable bonds is 8. The molecule has 1 aliphatic rings. The molecule has 1 unspecified atom stereocenters. The highest BCUT2D eigenvalue weighted by Gasteiger charge is 2.31. The van der Waals surface area contributed by atoms with Crippen molar-refractivity contribution < 1.29 is 17.6 Å². The highest BCUT2D eigenvalue weighted by atomic mass is 32.2. The first-order valence-corrected chi connectivity index (χ1v) is 10.7. The molecule has 1 atom stereocenters. The van der Waals surface area contributed by atoms with Crippen LogP contribution >= 0.6 is 0 Å². The van der Waals surface area contributed by atoms with Crippen LogP contribution in [0.25, 0.3) is 0 Å². The number of hydrogen-bond donors (Lipinski definition) is 2. The molecule has 1 aliphatic heterocycles. The van der Waals surface area contributed by atoms with Crippen molar-refractivity contribution in [3.8, 4) is 6.07 Å². The molecule has 2 rings (SSSR count). The topological polar surface area (TPSA) is 102 Å². The van der Waals surface area contributed by atoms with E-state index < -0.39 is 15.8 Å². The van der Waals surface area contributed by atoms with Crippen molar-refractivity contribution in [2.24, 2.45) is 5.92 Å². The number of benzene rings is 1. The molecule has 0 radical (unpaired) electrons. The molecule has 0 spiro atoms. The number of piperidine rings is 1. The average molecular weight is 396 g/mol. The van der Waals surface area contributed by atoms with Crippen LogP contribution in [0.15, 0.2) is 18.2 Å². The van der Waals surface area contributed by atoms with Crippen molar-refractivity contribution in [1.82, 2.24) is 9.62 Å². The van der Waals surface area contributed by atoms with E-state index in [0.29, 0.717) is 44.6 Å². The van der Waals surface area contributed by atoms with Gasteiger partial charge in [-0.25, -0.2) is 17.1 Å². The van der Waals surface area contributed by atoms with Gasteiger partial charge in [-0.15, -0.1) is 0 Å². The van der Waals surface area contributed by atoms with Crippen molar-refractivity contribution in [3.05, 3.63) is 29.6 Å². The third kappa shape index (κ3) is 5.65. The van der Waals surface area contributed by atoms with Crippen molar-refractivity contribution in [1.29, 1.82) is 5.26 Å². The minimum Gasteiger partial charge on any atom is -0.382 e. The van der Waals surface area contributed by atoms with E-state index in [-0.39, 0.29) is 29.7 Å². The lowest BCUT2D eigenvalue weighted by Crippen LogP contribution is -2.46. The van der Waals surface area contributed by atoms with Crippen LogP contribution in [0.2, 0.25) is 0 Å². The Balaban J connectivity index is 1.82. The zero-order valence-corrected chi connectivity index (χ0v) is 16.2. The summed E-state index contributed by atoms with van der Waals surface area (Å²) in [5.74, 6) is -1.05. The lowest BCUT2D eigenvalue weighted by molar-refractivity contribution is -0.125. The summed E-state index contributed by atoms with van der Waals surface area (Å²) in [6, 6.07) is 6.13. The van der Waals surface area contributed by atoms with E-state index in [4.69, 9.17) is 5.26 Å². The summed E-state index contributed by atoms with van der Waals surface area (Å²) in [7, 11) is -3.30. The minimum absolute atomic E-state index is 0.0621. The maximum atomic E-state index is 13.5. The largest absolute Gasteiger partial charge is 0.382 e. The smallest absolute Gasteiger partial charge is 0.224 e. The van der Waals surface area contributed by atoms with E-state index in [2.05, 4.69) is 10.6 Å². The van der Waals surface area contributed by atoms with Gasteiger partial charge < -0.3 is 10.6 Å². The van der Waals surface area contributed by atoms with E-state index in [1.807, 2.05) is 13.0 Å². The van der Waals surface area contributed by atoms with E-state index in [1.54, 1.807) is 6.07 Å². The van der Waals surface area contributed by atoms with Gasteiger partial charge in [0.2, 0.25) is 15.9 Å². The molecule has 27 heavy (non-hydrogen) atoms. The number of carbonyl (C=O) groups is 1. The number of halogens is 1. The van der Waals surface area contributed by atoms with Crippen LogP contribution in [-0.2, 0) is 14.8 Å². The Bertz CT molecular complexity index is 807. The first-order chi connectivity index (χ1) is 12.9. The maximum Gasteiger partial charge on any atom is 0.224 e. The predicted molar refractivity (Wildman–Crippen MR) is 101 cm³/mol. The lowest BCUT2D eigenvalue weighted by Gasteiger charge is -2.31. The zero-order chi connectivity index (χ0) is 19.9. The second-order valence-electron chi connectivity index (χ2n) is 6.51. The Morgan fingerprint density at radius 3 is 2.89 bits per heavy atom. The second kappa shape index (κ2) is 9.67. The predicted octanol–water partition coefficient (Wildman–Crippen LogP) is 1.68. The molecule has 1 amide bonds. The van der Waals surface area contributed by atoms with Gasteiger partial charge in [-0.1, -0.05) is 13.0 Å². The number of hydrogen-bond acceptors (Lipinski definition) is 5. The number of sulfonamides is 1. The zero-order valence-electron chi connectivity index (χ0n) is 15.4. The molecule has 2 N–H and O–H groups in total. The molecule has 0 aromatic heterocycles. The normalized spacial score (nSPS) is 17.9. The Morgan fingerprint density at radius 2 is 2.19 bits per heavy atom. The first kappa shape index (κ1) is 21.1. The van der Waals surface area contributed by atoms with Crippen molar-refractivity contribution >= 4 is 21.6 Å². The molecule has 7 nitrogen and oxygen atoms in total. The van der Waals surface area contributed by atoms with Crippen LogP contribution in [0.5, 0.6) is 0 Å². The molecule has 1 saturated heterocycles. The molecule has 0 aliphatic carbocycles. The van der Waals surface area contributed by atoms with Crippen LogP contribution < -0.4 is 10.6 Å². The van der Waals surface area contributed by atoms with Crippen LogP contribution in [-0.4, -0.2) is 50.6 Å². The highest BCUT2D eigenvalue weighted by molar-refractivity contribution is 7.89. The highest BCUT2D eigenvalue weighted by Crippen LogP contribution is 2.20. The molecule has 1 aromatic carbocycles. The van der Waals surface area contributed by atoms with Crippen LogP contribution in [0.1, 0.15) is 31.7 Å². The van der Waals surface area contributed by atoms with E-state index in [9.17, 15) is 17.6 Å². The molecule has 148 valence electrons. The number of amides is 1. The monoisotopic (exact) mass is 396 g/mol.